The van der Waals surface area contributed by atoms with Crippen molar-refractivity contribution < 1.29 is 4.74 Å². The lowest BCUT2D eigenvalue weighted by Crippen LogP contribution is -2.46. The molecule has 8 heteroatoms. The zero-order valence-electron chi connectivity index (χ0n) is 17.9. The van der Waals surface area contributed by atoms with E-state index in [1.165, 1.54) is 45.7 Å². The van der Waals surface area contributed by atoms with Gasteiger partial charge in [-0.25, -0.2) is 9.97 Å². The summed E-state index contributed by atoms with van der Waals surface area (Å²) in [5.74, 6) is 2.17. The van der Waals surface area contributed by atoms with Crippen molar-refractivity contribution in [3.05, 3.63) is 38.7 Å². The van der Waals surface area contributed by atoms with Gasteiger partial charge in [-0.05, 0) is 36.3 Å². The smallest absolute Gasteiger partial charge is 0.146 e. The summed E-state index contributed by atoms with van der Waals surface area (Å²) in [7, 11) is 0. The Morgan fingerprint density at radius 2 is 1.77 bits per heavy atom. The first-order valence-corrected chi connectivity index (χ1v) is 13.1. The summed E-state index contributed by atoms with van der Waals surface area (Å²) in [4.78, 5) is 22.0. The number of fused-ring (bicyclic) bond motifs is 3. The Bertz CT molecular complexity index is 1040. The molecule has 2 fully saturated rings. The molecule has 0 radical (unpaired) electrons. The van der Waals surface area contributed by atoms with Crippen LogP contribution in [0.5, 0.6) is 0 Å². The van der Waals surface area contributed by atoms with Crippen LogP contribution in [-0.2, 0) is 30.7 Å². The number of hydrogen-bond donors (Lipinski definition) is 0. The number of thiophene rings is 2. The van der Waals surface area contributed by atoms with E-state index in [1.807, 2.05) is 22.7 Å². The monoisotopic (exact) mass is 455 g/mol. The van der Waals surface area contributed by atoms with Crippen LogP contribution in [-0.4, -0.2) is 72.3 Å². The molecular formula is C23H29N5OS2. The first kappa shape index (κ1) is 20.1. The van der Waals surface area contributed by atoms with Crippen molar-refractivity contribution in [2.75, 3.05) is 57.4 Å². The summed E-state index contributed by atoms with van der Waals surface area (Å²) < 4.78 is 5.52. The summed E-state index contributed by atoms with van der Waals surface area (Å²) in [6.07, 6.45) is 3.68. The Labute approximate surface area is 191 Å². The normalized spacial score (nSPS) is 20.6. The third-order valence-corrected chi connectivity index (χ3v) is 8.74. The average molecular weight is 456 g/mol. The molecule has 3 aliphatic rings. The number of aromatic nitrogens is 2. The van der Waals surface area contributed by atoms with E-state index in [0.29, 0.717) is 0 Å². The highest BCUT2D eigenvalue weighted by atomic mass is 32.1. The van der Waals surface area contributed by atoms with Gasteiger partial charge in [0.15, 0.2) is 0 Å². The van der Waals surface area contributed by atoms with Gasteiger partial charge in [-0.2, -0.15) is 0 Å². The second kappa shape index (κ2) is 8.75. The largest absolute Gasteiger partial charge is 0.379 e. The van der Waals surface area contributed by atoms with Crippen LogP contribution in [0.3, 0.4) is 0 Å². The molecule has 0 N–H and O–H groups in total. The van der Waals surface area contributed by atoms with E-state index in [-0.39, 0.29) is 0 Å². The van der Waals surface area contributed by atoms with Gasteiger partial charge in [0.2, 0.25) is 0 Å². The zero-order valence-corrected chi connectivity index (χ0v) is 19.5. The fourth-order valence-electron chi connectivity index (χ4n) is 5.02. The van der Waals surface area contributed by atoms with Crippen molar-refractivity contribution in [1.82, 2.24) is 19.8 Å². The number of ether oxygens (including phenoxy) is 1. The molecule has 164 valence electrons. The predicted octanol–water partition coefficient (Wildman–Crippen LogP) is 3.40. The minimum atomic E-state index is 0.814. The maximum Gasteiger partial charge on any atom is 0.146 e. The van der Waals surface area contributed by atoms with Gasteiger partial charge in [-0.3, -0.25) is 9.80 Å². The molecule has 0 spiro atoms. The number of anilines is 1. The van der Waals surface area contributed by atoms with E-state index in [1.54, 1.807) is 4.88 Å². The summed E-state index contributed by atoms with van der Waals surface area (Å²) in [5, 5.41) is 3.53. The van der Waals surface area contributed by atoms with E-state index >= 15 is 0 Å². The van der Waals surface area contributed by atoms with Crippen LogP contribution >= 0.6 is 22.7 Å². The quantitative estimate of drug-likeness (QED) is 0.588. The van der Waals surface area contributed by atoms with Crippen LogP contribution in [0, 0.1) is 0 Å². The highest BCUT2D eigenvalue weighted by molar-refractivity contribution is 7.19. The fourth-order valence-corrected chi connectivity index (χ4v) is 7.04. The second-order valence-electron chi connectivity index (χ2n) is 8.73. The summed E-state index contributed by atoms with van der Waals surface area (Å²) in [6.45, 7) is 9.73. The van der Waals surface area contributed by atoms with E-state index in [0.717, 1.165) is 71.4 Å². The maximum absolute atomic E-state index is 5.52. The van der Waals surface area contributed by atoms with E-state index < -0.39 is 0 Å². The number of morpholine rings is 1. The predicted molar refractivity (Wildman–Crippen MR) is 127 cm³/mol. The maximum atomic E-state index is 5.52. The number of aryl methyl sites for hydroxylation is 2. The lowest BCUT2D eigenvalue weighted by atomic mass is 10.1. The molecule has 0 amide bonds. The molecular weight excluding hydrogens is 426 g/mol. The van der Waals surface area contributed by atoms with Crippen LogP contribution in [0.4, 0.5) is 5.82 Å². The van der Waals surface area contributed by atoms with Gasteiger partial charge in [0.1, 0.15) is 16.5 Å². The number of nitrogens with zero attached hydrogens (tertiary/aromatic N) is 5. The van der Waals surface area contributed by atoms with Crippen molar-refractivity contribution in [3.8, 4) is 0 Å². The highest BCUT2D eigenvalue weighted by Gasteiger charge is 2.27. The average Bonchev–Trinajstić information content (AvgIpc) is 3.52. The van der Waals surface area contributed by atoms with Crippen LogP contribution in [0.1, 0.15) is 27.6 Å². The minimum absolute atomic E-state index is 0.814. The van der Waals surface area contributed by atoms with Crippen LogP contribution in [0.2, 0.25) is 0 Å². The van der Waals surface area contributed by atoms with Gasteiger partial charge in [0.05, 0.1) is 25.1 Å². The van der Waals surface area contributed by atoms with Crippen LogP contribution in [0.15, 0.2) is 17.5 Å². The van der Waals surface area contributed by atoms with Crippen molar-refractivity contribution in [2.45, 2.75) is 32.4 Å². The van der Waals surface area contributed by atoms with E-state index in [4.69, 9.17) is 14.7 Å². The number of piperazine rings is 1. The number of hydrogen-bond acceptors (Lipinski definition) is 8. The molecule has 1 aliphatic carbocycles. The van der Waals surface area contributed by atoms with Crippen molar-refractivity contribution in [3.63, 3.8) is 0 Å². The van der Waals surface area contributed by atoms with Gasteiger partial charge in [-0.15, -0.1) is 22.7 Å². The van der Waals surface area contributed by atoms with Gasteiger partial charge in [0, 0.05) is 55.6 Å². The topological polar surface area (TPSA) is 44.7 Å². The Morgan fingerprint density at radius 1 is 0.935 bits per heavy atom. The molecule has 2 aliphatic heterocycles. The SMILES string of the molecule is c1csc(CN2CCN(c3nc(CN4CCOCC4)nc4sc5c(c34)CCC5)CC2)c1. The van der Waals surface area contributed by atoms with Crippen LogP contribution in [0.25, 0.3) is 10.2 Å². The van der Waals surface area contributed by atoms with E-state index in [9.17, 15) is 0 Å². The molecule has 2 saturated heterocycles. The number of rotatable bonds is 5. The fraction of sp³-hybridized carbons (Fsp3) is 0.565. The third-order valence-electron chi connectivity index (χ3n) is 6.69. The molecule has 31 heavy (non-hydrogen) atoms. The van der Waals surface area contributed by atoms with Gasteiger partial charge in [0.25, 0.3) is 0 Å². The van der Waals surface area contributed by atoms with Gasteiger partial charge >= 0.3 is 0 Å². The molecule has 3 aromatic heterocycles. The third kappa shape index (κ3) is 4.12. The highest BCUT2D eigenvalue weighted by Crippen LogP contribution is 2.41. The second-order valence-corrected chi connectivity index (χ2v) is 10.8. The molecule has 5 heterocycles. The molecule has 0 aromatic carbocycles. The molecule has 0 atom stereocenters. The molecule has 3 aromatic rings. The Balaban J connectivity index is 1.27. The van der Waals surface area contributed by atoms with Gasteiger partial charge < -0.3 is 9.64 Å². The molecule has 0 unspecified atom stereocenters. The van der Waals surface area contributed by atoms with Crippen molar-refractivity contribution in [1.29, 1.82) is 0 Å². The molecule has 6 nitrogen and oxygen atoms in total. The van der Waals surface area contributed by atoms with Crippen molar-refractivity contribution >= 4 is 38.7 Å². The lowest BCUT2D eigenvalue weighted by Gasteiger charge is -2.36. The standard InChI is InChI=1S/C23H29N5OS2/c1-4-18-19(5-1)31-23-21(18)22(24-20(25-23)16-27-10-12-29-13-11-27)28-8-6-26(7-9-28)15-17-3-2-14-30-17/h2-3,14H,1,4-13,15-16H2. The Hall–Kier alpha value is -1.58. The summed E-state index contributed by atoms with van der Waals surface area (Å²) >= 11 is 3.77. The minimum Gasteiger partial charge on any atom is -0.379 e. The zero-order chi connectivity index (χ0) is 20.6. The Kier molecular flexibility index (Phi) is 5.66. The summed E-state index contributed by atoms with van der Waals surface area (Å²) in [6, 6.07) is 4.40. The lowest BCUT2D eigenvalue weighted by molar-refractivity contribution is 0.0331. The van der Waals surface area contributed by atoms with Crippen molar-refractivity contribution in [2.24, 2.45) is 0 Å². The first-order chi connectivity index (χ1) is 15.3. The Morgan fingerprint density at radius 3 is 2.58 bits per heavy atom. The molecule has 0 bridgehead atoms. The van der Waals surface area contributed by atoms with E-state index in [2.05, 4.69) is 32.2 Å². The molecule has 0 saturated carbocycles. The van der Waals surface area contributed by atoms with Crippen LogP contribution < -0.4 is 4.90 Å². The van der Waals surface area contributed by atoms with Gasteiger partial charge in [-0.1, -0.05) is 6.07 Å². The molecule has 6 rings (SSSR count). The summed E-state index contributed by atoms with van der Waals surface area (Å²) in [5.41, 5.74) is 1.54. The first-order valence-electron chi connectivity index (χ1n) is 11.4.